The molecule has 2 aromatic carbocycles. The average Bonchev–Trinajstić information content (AvgIpc) is 2.70. The van der Waals surface area contributed by atoms with Crippen LogP contribution in [0.3, 0.4) is 0 Å². The van der Waals surface area contributed by atoms with Crippen LogP contribution in [-0.2, 0) is 4.74 Å². The van der Waals surface area contributed by atoms with Gasteiger partial charge in [-0.25, -0.2) is 4.79 Å². The third kappa shape index (κ3) is 4.68. The lowest BCUT2D eigenvalue weighted by molar-refractivity contribution is 0.0593. The zero-order valence-electron chi connectivity index (χ0n) is 17.1. The van der Waals surface area contributed by atoms with Gasteiger partial charge in [0.25, 0.3) is 0 Å². The van der Waals surface area contributed by atoms with Crippen LogP contribution in [0, 0.1) is 6.92 Å². The normalized spacial score (nSPS) is 11.2. The summed E-state index contributed by atoms with van der Waals surface area (Å²) < 4.78 is 16.9. The van der Waals surface area contributed by atoms with Crippen molar-refractivity contribution in [1.29, 1.82) is 0 Å². The van der Waals surface area contributed by atoms with E-state index in [0.717, 1.165) is 27.8 Å². The highest BCUT2D eigenvalue weighted by Gasteiger charge is 2.23. The molecule has 2 rings (SSSR count). The Morgan fingerprint density at radius 2 is 1.71 bits per heavy atom. The molecule has 2 aromatic rings. The number of hydrogen-bond donors (Lipinski definition) is 0. The predicted molar refractivity (Wildman–Crippen MR) is 116 cm³/mol. The van der Waals surface area contributed by atoms with Crippen molar-refractivity contribution in [2.75, 3.05) is 26.2 Å². The second kappa shape index (κ2) is 9.64. The number of nitrogens with zero attached hydrogens (tertiary/aromatic N) is 1. The van der Waals surface area contributed by atoms with Crippen molar-refractivity contribution in [1.82, 2.24) is 0 Å². The van der Waals surface area contributed by atoms with Crippen molar-refractivity contribution in [2.24, 2.45) is 0 Å². The van der Waals surface area contributed by atoms with E-state index in [4.69, 9.17) is 14.2 Å². The fourth-order valence-electron chi connectivity index (χ4n) is 2.82. The maximum absolute atomic E-state index is 12.2. The number of esters is 1. The van der Waals surface area contributed by atoms with E-state index in [0.29, 0.717) is 11.5 Å². The van der Waals surface area contributed by atoms with E-state index in [1.165, 1.54) is 26.9 Å². The molecule has 0 N–H and O–H groups in total. The molecule has 0 atom stereocenters. The Morgan fingerprint density at radius 1 is 1.11 bits per heavy atom. The fraction of sp³-hybridized carbons (Fsp3) is 0.318. The van der Waals surface area contributed by atoms with Gasteiger partial charge in [0.2, 0.25) is 0 Å². The topological polar surface area (TPSA) is 48.0 Å². The Labute approximate surface area is 175 Å². The average molecular weight is 448 g/mol. The molecule has 0 aliphatic rings. The fourth-order valence-corrected chi connectivity index (χ4v) is 3.30. The largest absolute Gasteiger partial charge is 0.496 e. The van der Waals surface area contributed by atoms with Crippen molar-refractivity contribution in [3.8, 4) is 11.5 Å². The van der Waals surface area contributed by atoms with Gasteiger partial charge in [0.15, 0.2) is 0 Å². The van der Waals surface area contributed by atoms with E-state index >= 15 is 0 Å². The van der Waals surface area contributed by atoms with Crippen molar-refractivity contribution in [2.45, 2.75) is 27.2 Å². The minimum atomic E-state index is -0.507. The third-order valence-electron chi connectivity index (χ3n) is 4.48. The standard InChI is InChI=1S/C22H26BrNO4/c1-7-14(2)13-24(18-9-8-16(23)10-15(18)3)17-11-19(26-4)21(22(25)28-6)20(12-17)27-5/h8-13H,7H2,1-6H3/b14-13-. The zero-order valence-corrected chi connectivity index (χ0v) is 18.7. The molecule has 0 bridgehead atoms. The summed E-state index contributed by atoms with van der Waals surface area (Å²) in [5.74, 6) is 0.277. The van der Waals surface area contributed by atoms with Gasteiger partial charge in [0.05, 0.1) is 27.0 Å². The summed E-state index contributed by atoms with van der Waals surface area (Å²) in [7, 11) is 4.38. The molecular formula is C22H26BrNO4. The summed E-state index contributed by atoms with van der Waals surface area (Å²) in [4.78, 5) is 14.3. The predicted octanol–water partition coefficient (Wildman–Crippen LogP) is 6.01. The van der Waals surface area contributed by atoms with Crippen LogP contribution in [0.1, 0.15) is 36.2 Å². The van der Waals surface area contributed by atoms with Crippen LogP contribution >= 0.6 is 15.9 Å². The number of anilines is 2. The molecule has 150 valence electrons. The third-order valence-corrected chi connectivity index (χ3v) is 4.98. The lowest BCUT2D eigenvalue weighted by atomic mass is 10.1. The van der Waals surface area contributed by atoms with Gasteiger partial charge < -0.3 is 19.1 Å². The summed E-state index contributed by atoms with van der Waals surface area (Å²) >= 11 is 3.52. The first-order valence-electron chi connectivity index (χ1n) is 8.93. The van der Waals surface area contributed by atoms with Crippen LogP contribution in [-0.4, -0.2) is 27.3 Å². The Morgan fingerprint density at radius 3 is 2.18 bits per heavy atom. The number of benzene rings is 2. The SMILES string of the molecule is CC/C(C)=C\N(c1cc(OC)c(C(=O)OC)c(OC)c1)c1ccc(Br)cc1C. The van der Waals surface area contributed by atoms with Crippen LogP contribution in [0.25, 0.3) is 0 Å². The minimum absolute atomic E-state index is 0.264. The molecular weight excluding hydrogens is 422 g/mol. The number of rotatable bonds is 7. The minimum Gasteiger partial charge on any atom is -0.496 e. The Balaban J connectivity index is 2.74. The molecule has 0 amide bonds. The molecule has 6 heteroatoms. The molecule has 0 saturated heterocycles. The second-order valence-electron chi connectivity index (χ2n) is 6.35. The first-order chi connectivity index (χ1) is 13.4. The number of allylic oxidation sites excluding steroid dienone is 1. The number of hydrogen-bond acceptors (Lipinski definition) is 5. The Kier molecular flexibility index (Phi) is 7.52. The number of methoxy groups -OCH3 is 3. The van der Waals surface area contributed by atoms with Crippen LogP contribution in [0.15, 0.2) is 46.6 Å². The lowest BCUT2D eigenvalue weighted by Crippen LogP contribution is -2.13. The Hall–Kier alpha value is -2.47. The number of carbonyl (C=O) groups is 1. The van der Waals surface area contributed by atoms with Crippen LogP contribution < -0.4 is 14.4 Å². The highest BCUT2D eigenvalue weighted by molar-refractivity contribution is 9.10. The molecule has 0 aliphatic heterocycles. The molecule has 0 radical (unpaired) electrons. The number of carbonyl (C=O) groups excluding carboxylic acids is 1. The highest BCUT2D eigenvalue weighted by Crippen LogP contribution is 2.39. The molecule has 0 aliphatic carbocycles. The summed E-state index contributed by atoms with van der Waals surface area (Å²) in [6, 6.07) is 9.74. The quantitative estimate of drug-likeness (QED) is 0.486. The van der Waals surface area contributed by atoms with Crippen LogP contribution in [0.4, 0.5) is 11.4 Å². The highest BCUT2D eigenvalue weighted by atomic mass is 79.9. The second-order valence-corrected chi connectivity index (χ2v) is 7.26. The summed E-state index contributed by atoms with van der Waals surface area (Å²) in [6.07, 6.45) is 3.00. The molecule has 5 nitrogen and oxygen atoms in total. The van der Waals surface area contributed by atoms with Gasteiger partial charge >= 0.3 is 5.97 Å². The van der Waals surface area contributed by atoms with E-state index in [9.17, 15) is 4.79 Å². The molecule has 0 saturated carbocycles. The number of halogens is 1. The van der Waals surface area contributed by atoms with Crippen molar-refractivity contribution >= 4 is 33.3 Å². The van der Waals surface area contributed by atoms with Crippen LogP contribution in [0.2, 0.25) is 0 Å². The molecule has 0 spiro atoms. The van der Waals surface area contributed by atoms with Gasteiger partial charge in [-0.1, -0.05) is 28.4 Å². The van der Waals surface area contributed by atoms with E-state index in [1.54, 1.807) is 0 Å². The first kappa shape index (κ1) is 21.8. The van der Waals surface area contributed by atoms with Crippen molar-refractivity contribution in [3.63, 3.8) is 0 Å². The molecule has 0 unspecified atom stereocenters. The van der Waals surface area contributed by atoms with Gasteiger partial charge in [0, 0.05) is 28.5 Å². The van der Waals surface area contributed by atoms with Gasteiger partial charge in [-0.15, -0.1) is 0 Å². The number of aryl methyl sites for hydroxylation is 1. The maximum atomic E-state index is 12.2. The monoisotopic (exact) mass is 447 g/mol. The van der Waals surface area contributed by atoms with E-state index in [2.05, 4.69) is 53.9 Å². The summed E-state index contributed by atoms with van der Waals surface area (Å²) in [5.41, 5.74) is 4.41. The first-order valence-corrected chi connectivity index (χ1v) is 9.72. The summed E-state index contributed by atoms with van der Waals surface area (Å²) in [5, 5.41) is 0. The molecule has 0 fully saturated rings. The maximum Gasteiger partial charge on any atom is 0.345 e. The van der Waals surface area contributed by atoms with E-state index < -0.39 is 5.97 Å². The van der Waals surface area contributed by atoms with Gasteiger partial charge in [0.1, 0.15) is 17.1 Å². The molecule has 0 heterocycles. The van der Waals surface area contributed by atoms with Gasteiger partial charge in [-0.05, 0) is 44.0 Å². The number of ether oxygens (including phenoxy) is 3. The van der Waals surface area contributed by atoms with Crippen molar-refractivity contribution in [3.05, 3.63) is 57.7 Å². The van der Waals surface area contributed by atoms with Gasteiger partial charge in [-0.2, -0.15) is 0 Å². The van der Waals surface area contributed by atoms with Crippen molar-refractivity contribution < 1.29 is 19.0 Å². The smallest absolute Gasteiger partial charge is 0.345 e. The van der Waals surface area contributed by atoms with Crippen LogP contribution in [0.5, 0.6) is 11.5 Å². The molecule has 0 aromatic heterocycles. The zero-order chi connectivity index (χ0) is 20.8. The van der Waals surface area contributed by atoms with Gasteiger partial charge in [-0.3, -0.25) is 0 Å². The molecule has 28 heavy (non-hydrogen) atoms. The van der Waals surface area contributed by atoms with E-state index in [1.807, 2.05) is 24.3 Å². The Bertz CT molecular complexity index is 867. The van der Waals surface area contributed by atoms with E-state index in [-0.39, 0.29) is 5.56 Å². The lowest BCUT2D eigenvalue weighted by Gasteiger charge is -2.26. The summed E-state index contributed by atoms with van der Waals surface area (Å²) in [6.45, 7) is 6.25.